The summed E-state index contributed by atoms with van der Waals surface area (Å²) in [4.78, 5) is 0. The Morgan fingerprint density at radius 1 is 1.10 bits per heavy atom. The van der Waals surface area contributed by atoms with E-state index in [2.05, 4.69) is 17.8 Å². The van der Waals surface area contributed by atoms with Gasteiger partial charge in [0.05, 0.1) is 0 Å². The number of hydrogen-bond acceptors (Lipinski definition) is 1. The first-order valence-corrected chi connectivity index (χ1v) is 5.10. The zero-order valence-electron chi connectivity index (χ0n) is 6.29. The SMILES string of the molecule is C=CP(C=C)N1CCCC1. The van der Waals surface area contributed by atoms with E-state index in [-0.39, 0.29) is 8.07 Å². The van der Waals surface area contributed by atoms with E-state index >= 15 is 0 Å². The van der Waals surface area contributed by atoms with Crippen LogP contribution in [0.15, 0.2) is 24.8 Å². The Hall–Kier alpha value is -0.130. The van der Waals surface area contributed by atoms with Crippen LogP contribution in [0.1, 0.15) is 12.8 Å². The molecule has 1 aliphatic rings. The zero-order valence-corrected chi connectivity index (χ0v) is 7.19. The molecule has 1 rings (SSSR count). The smallest absolute Gasteiger partial charge is 0.0118 e. The van der Waals surface area contributed by atoms with Crippen molar-refractivity contribution in [2.24, 2.45) is 0 Å². The number of hydrogen-bond donors (Lipinski definition) is 0. The normalized spacial score (nSPS) is 19.7. The molecule has 10 heavy (non-hydrogen) atoms. The van der Waals surface area contributed by atoms with Gasteiger partial charge in [-0.2, -0.15) is 0 Å². The molecule has 1 fully saturated rings. The number of rotatable bonds is 3. The van der Waals surface area contributed by atoms with Crippen LogP contribution < -0.4 is 0 Å². The molecule has 0 radical (unpaired) electrons. The molecule has 0 amide bonds. The Balaban J connectivity index is 2.43. The molecule has 56 valence electrons. The summed E-state index contributed by atoms with van der Waals surface area (Å²) in [6.45, 7) is 10.1. The second kappa shape index (κ2) is 3.90. The highest BCUT2D eigenvalue weighted by Gasteiger charge is 2.15. The van der Waals surface area contributed by atoms with E-state index in [1.165, 1.54) is 25.9 Å². The van der Waals surface area contributed by atoms with Crippen molar-refractivity contribution < 1.29 is 0 Å². The van der Waals surface area contributed by atoms with Crippen molar-refractivity contribution in [1.29, 1.82) is 0 Å². The topological polar surface area (TPSA) is 3.24 Å². The standard InChI is InChI=1S/C8H14NP/c1-3-10(4-2)9-7-5-6-8-9/h3-4H,1-2,5-8H2. The Labute approximate surface area is 64.2 Å². The summed E-state index contributed by atoms with van der Waals surface area (Å²) in [5.74, 6) is 4.04. The van der Waals surface area contributed by atoms with Crippen LogP contribution in [0.25, 0.3) is 0 Å². The highest BCUT2D eigenvalue weighted by Crippen LogP contribution is 2.44. The maximum atomic E-state index is 3.79. The minimum Gasteiger partial charge on any atom is -0.276 e. The first-order chi connectivity index (χ1) is 4.88. The van der Waals surface area contributed by atoms with Gasteiger partial charge in [0.2, 0.25) is 0 Å². The molecule has 0 N–H and O–H groups in total. The highest BCUT2D eigenvalue weighted by atomic mass is 31.1. The fourth-order valence-corrected chi connectivity index (χ4v) is 2.59. The van der Waals surface area contributed by atoms with Crippen LogP contribution in [0, 0.1) is 0 Å². The predicted molar refractivity (Wildman–Crippen MR) is 48.1 cm³/mol. The summed E-state index contributed by atoms with van der Waals surface area (Å²) in [5, 5.41) is 0. The van der Waals surface area contributed by atoms with Crippen LogP contribution in [-0.4, -0.2) is 17.8 Å². The molecular formula is C8H14NP. The Morgan fingerprint density at radius 2 is 1.60 bits per heavy atom. The fourth-order valence-electron chi connectivity index (χ4n) is 1.24. The molecule has 2 heteroatoms. The highest BCUT2D eigenvalue weighted by molar-refractivity contribution is 7.61. The zero-order chi connectivity index (χ0) is 7.40. The van der Waals surface area contributed by atoms with Gasteiger partial charge in [-0.3, -0.25) is 4.67 Å². The van der Waals surface area contributed by atoms with E-state index < -0.39 is 0 Å². The van der Waals surface area contributed by atoms with Crippen LogP contribution in [0.2, 0.25) is 0 Å². The maximum Gasteiger partial charge on any atom is 0.0118 e. The largest absolute Gasteiger partial charge is 0.276 e. The van der Waals surface area contributed by atoms with Crippen LogP contribution in [0.4, 0.5) is 0 Å². The van der Waals surface area contributed by atoms with Crippen LogP contribution >= 0.6 is 8.07 Å². The van der Waals surface area contributed by atoms with Crippen molar-refractivity contribution >= 4 is 8.07 Å². The van der Waals surface area contributed by atoms with E-state index in [1.807, 2.05) is 11.6 Å². The lowest BCUT2D eigenvalue weighted by molar-refractivity contribution is 0.574. The van der Waals surface area contributed by atoms with Gasteiger partial charge in [-0.05, 0) is 24.5 Å². The molecule has 1 nitrogen and oxygen atoms in total. The summed E-state index contributed by atoms with van der Waals surface area (Å²) in [5.41, 5.74) is 0. The summed E-state index contributed by atoms with van der Waals surface area (Å²) in [6.07, 6.45) is 2.70. The van der Waals surface area contributed by atoms with Gasteiger partial charge in [-0.25, -0.2) is 0 Å². The lowest BCUT2D eigenvalue weighted by Gasteiger charge is -2.20. The van der Waals surface area contributed by atoms with E-state index in [1.54, 1.807) is 0 Å². The molecule has 0 spiro atoms. The van der Waals surface area contributed by atoms with E-state index in [9.17, 15) is 0 Å². The third-order valence-corrected chi connectivity index (χ3v) is 3.58. The minimum absolute atomic E-state index is 0.196. The first kappa shape index (κ1) is 7.97. The van der Waals surface area contributed by atoms with Crippen molar-refractivity contribution in [3.63, 3.8) is 0 Å². The average molecular weight is 155 g/mol. The third-order valence-electron chi connectivity index (χ3n) is 1.78. The van der Waals surface area contributed by atoms with Gasteiger partial charge in [-0.1, -0.05) is 13.2 Å². The monoisotopic (exact) mass is 155 g/mol. The van der Waals surface area contributed by atoms with E-state index in [0.717, 1.165) is 0 Å². The molecular weight excluding hydrogens is 141 g/mol. The van der Waals surface area contributed by atoms with Gasteiger partial charge < -0.3 is 0 Å². The predicted octanol–water partition coefficient (Wildman–Crippen LogP) is 2.77. The van der Waals surface area contributed by atoms with Gasteiger partial charge in [0, 0.05) is 21.2 Å². The van der Waals surface area contributed by atoms with Crippen molar-refractivity contribution in [1.82, 2.24) is 4.67 Å². The van der Waals surface area contributed by atoms with E-state index in [4.69, 9.17) is 0 Å². The van der Waals surface area contributed by atoms with Gasteiger partial charge in [0.25, 0.3) is 0 Å². The molecule has 0 atom stereocenters. The summed E-state index contributed by atoms with van der Waals surface area (Å²) >= 11 is 0. The lowest BCUT2D eigenvalue weighted by Crippen LogP contribution is -2.09. The summed E-state index contributed by atoms with van der Waals surface area (Å²) < 4.78 is 2.47. The molecule has 0 aromatic heterocycles. The molecule has 0 saturated carbocycles. The molecule has 0 aliphatic carbocycles. The van der Waals surface area contributed by atoms with Gasteiger partial charge in [0.1, 0.15) is 0 Å². The molecule has 1 heterocycles. The maximum absolute atomic E-state index is 3.79. The Kier molecular flexibility index (Phi) is 3.11. The van der Waals surface area contributed by atoms with Crippen LogP contribution in [-0.2, 0) is 0 Å². The van der Waals surface area contributed by atoms with Gasteiger partial charge in [0.15, 0.2) is 0 Å². The van der Waals surface area contributed by atoms with Crippen molar-refractivity contribution in [3.05, 3.63) is 24.8 Å². The van der Waals surface area contributed by atoms with Crippen molar-refractivity contribution in [2.45, 2.75) is 12.8 Å². The first-order valence-electron chi connectivity index (χ1n) is 3.67. The molecule has 0 aromatic carbocycles. The van der Waals surface area contributed by atoms with Crippen molar-refractivity contribution in [2.75, 3.05) is 13.1 Å². The number of nitrogens with zero attached hydrogens (tertiary/aromatic N) is 1. The lowest BCUT2D eigenvalue weighted by atomic mass is 10.4. The van der Waals surface area contributed by atoms with Crippen LogP contribution in [0.3, 0.4) is 0 Å². The average Bonchev–Trinajstić information content (AvgIpc) is 2.43. The minimum atomic E-state index is -0.196. The van der Waals surface area contributed by atoms with Gasteiger partial charge in [-0.15, -0.1) is 0 Å². The molecule has 0 bridgehead atoms. The molecule has 1 saturated heterocycles. The van der Waals surface area contributed by atoms with Crippen molar-refractivity contribution in [3.8, 4) is 0 Å². The Morgan fingerprint density at radius 3 is 2.00 bits per heavy atom. The van der Waals surface area contributed by atoms with E-state index in [0.29, 0.717) is 0 Å². The molecule has 0 unspecified atom stereocenters. The second-order valence-electron chi connectivity index (χ2n) is 2.41. The molecule has 1 aliphatic heterocycles. The Bertz CT molecular complexity index is 119. The van der Waals surface area contributed by atoms with Crippen LogP contribution in [0.5, 0.6) is 0 Å². The summed E-state index contributed by atoms with van der Waals surface area (Å²) in [6, 6.07) is 0. The summed E-state index contributed by atoms with van der Waals surface area (Å²) in [7, 11) is -0.196. The molecule has 0 aromatic rings. The quantitative estimate of drug-likeness (QED) is 0.566. The third kappa shape index (κ3) is 1.68. The van der Waals surface area contributed by atoms with Gasteiger partial charge >= 0.3 is 0 Å². The second-order valence-corrected chi connectivity index (χ2v) is 4.46. The fraction of sp³-hybridized carbons (Fsp3) is 0.500.